The van der Waals surface area contributed by atoms with Gasteiger partial charge in [-0.2, -0.15) is 13.2 Å². The standard InChI is InChI=1S/C10H21F3O5SSi/c1-4-16-20(17-5-2,18-6-3)9-7-8-19(14,15)10(11,12)13/h4-9H2,1-3H3. The molecule has 0 fully saturated rings. The first-order valence-corrected chi connectivity index (χ1v) is 9.93. The van der Waals surface area contributed by atoms with Crippen LogP contribution in [0.25, 0.3) is 0 Å². The van der Waals surface area contributed by atoms with Crippen molar-refractivity contribution in [1.29, 1.82) is 0 Å². The fourth-order valence-corrected chi connectivity index (χ4v) is 5.22. The summed E-state index contributed by atoms with van der Waals surface area (Å²) in [5.74, 6) is -0.988. The Morgan fingerprint density at radius 1 is 0.950 bits per heavy atom. The Morgan fingerprint density at radius 2 is 1.35 bits per heavy atom. The number of sulfone groups is 1. The van der Waals surface area contributed by atoms with E-state index >= 15 is 0 Å². The summed E-state index contributed by atoms with van der Waals surface area (Å²) >= 11 is 0. The molecule has 0 bridgehead atoms. The maximum atomic E-state index is 12.2. The van der Waals surface area contributed by atoms with E-state index in [4.69, 9.17) is 13.3 Å². The first-order chi connectivity index (χ1) is 9.14. The smallest absolute Gasteiger partial charge is 0.374 e. The minimum absolute atomic E-state index is 0.0395. The van der Waals surface area contributed by atoms with Crippen LogP contribution >= 0.6 is 0 Å². The van der Waals surface area contributed by atoms with E-state index in [1.54, 1.807) is 20.8 Å². The highest BCUT2D eigenvalue weighted by Crippen LogP contribution is 2.26. The topological polar surface area (TPSA) is 61.8 Å². The summed E-state index contributed by atoms with van der Waals surface area (Å²) in [6, 6.07) is 0.0395. The highest BCUT2D eigenvalue weighted by Gasteiger charge is 2.46. The fraction of sp³-hybridized carbons (Fsp3) is 1.00. The third-order valence-electron chi connectivity index (χ3n) is 2.34. The van der Waals surface area contributed by atoms with E-state index in [0.717, 1.165) is 0 Å². The summed E-state index contributed by atoms with van der Waals surface area (Å²) in [6.45, 7) is 6.01. The summed E-state index contributed by atoms with van der Waals surface area (Å²) in [5.41, 5.74) is -5.22. The maximum Gasteiger partial charge on any atom is 0.500 e. The van der Waals surface area contributed by atoms with Gasteiger partial charge in [0.25, 0.3) is 0 Å². The minimum atomic E-state index is -5.22. The fourth-order valence-electron chi connectivity index (χ4n) is 1.60. The van der Waals surface area contributed by atoms with Crippen LogP contribution in [0, 0.1) is 0 Å². The molecule has 0 aliphatic rings. The lowest BCUT2D eigenvalue weighted by Crippen LogP contribution is -2.46. The molecular weight excluding hydrogens is 317 g/mol. The highest BCUT2D eigenvalue weighted by atomic mass is 32.2. The van der Waals surface area contributed by atoms with Crippen molar-refractivity contribution in [2.45, 2.75) is 38.7 Å². The van der Waals surface area contributed by atoms with Crippen molar-refractivity contribution in [3.05, 3.63) is 0 Å². The lowest BCUT2D eigenvalue weighted by Gasteiger charge is -2.28. The molecule has 0 saturated heterocycles. The Balaban J connectivity index is 4.69. The molecule has 0 aliphatic heterocycles. The average molecular weight is 338 g/mol. The maximum absolute atomic E-state index is 12.2. The van der Waals surface area contributed by atoms with Gasteiger partial charge in [-0.25, -0.2) is 8.42 Å². The predicted octanol–water partition coefficient (Wildman–Crippen LogP) is 2.36. The molecule has 5 nitrogen and oxygen atoms in total. The van der Waals surface area contributed by atoms with Gasteiger partial charge in [0.2, 0.25) is 9.84 Å². The largest absolute Gasteiger partial charge is 0.500 e. The molecule has 20 heavy (non-hydrogen) atoms. The third kappa shape index (κ3) is 6.08. The monoisotopic (exact) mass is 338 g/mol. The van der Waals surface area contributed by atoms with Gasteiger partial charge < -0.3 is 13.3 Å². The van der Waals surface area contributed by atoms with Gasteiger partial charge in [0.1, 0.15) is 0 Å². The zero-order valence-corrected chi connectivity index (χ0v) is 13.6. The molecule has 0 radical (unpaired) electrons. The molecule has 10 heteroatoms. The number of hydrogen-bond acceptors (Lipinski definition) is 5. The number of halogens is 3. The van der Waals surface area contributed by atoms with E-state index in [9.17, 15) is 21.6 Å². The Kier molecular flexibility index (Phi) is 8.25. The Morgan fingerprint density at radius 3 is 1.65 bits per heavy atom. The minimum Gasteiger partial charge on any atom is -0.374 e. The first-order valence-electron chi connectivity index (χ1n) is 6.35. The van der Waals surface area contributed by atoms with Gasteiger partial charge in [0, 0.05) is 25.9 Å². The van der Waals surface area contributed by atoms with Gasteiger partial charge in [-0.3, -0.25) is 0 Å². The lowest BCUT2D eigenvalue weighted by molar-refractivity contribution is -0.0436. The Bertz CT molecular complexity index is 355. The van der Waals surface area contributed by atoms with Crippen LogP contribution in [-0.2, 0) is 23.1 Å². The van der Waals surface area contributed by atoms with Crippen LogP contribution in [-0.4, -0.2) is 48.3 Å². The molecule has 0 aromatic heterocycles. The number of rotatable bonds is 10. The van der Waals surface area contributed by atoms with Crippen LogP contribution in [0.2, 0.25) is 6.04 Å². The zero-order valence-electron chi connectivity index (χ0n) is 11.8. The van der Waals surface area contributed by atoms with Crippen LogP contribution in [0.5, 0.6) is 0 Å². The van der Waals surface area contributed by atoms with Crippen molar-refractivity contribution in [1.82, 2.24) is 0 Å². The summed E-state index contributed by atoms with van der Waals surface area (Å²) in [5, 5.41) is 0. The normalized spacial score (nSPS) is 13.7. The summed E-state index contributed by atoms with van der Waals surface area (Å²) in [4.78, 5) is 0. The van der Waals surface area contributed by atoms with Gasteiger partial charge in [-0.15, -0.1) is 0 Å². The molecule has 0 spiro atoms. The van der Waals surface area contributed by atoms with Gasteiger partial charge >= 0.3 is 14.3 Å². The summed E-state index contributed by atoms with van der Waals surface area (Å²) in [6.07, 6.45) is -0.214. The van der Waals surface area contributed by atoms with E-state index in [2.05, 4.69) is 0 Å². The van der Waals surface area contributed by atoms with E-state index in [1.165, 1.54) is 0 Å². The Hall–Kier alpha value is -0.163. The van der Waals surface area contributed by atoms with Crippen molar-refractivity contribution in [2.24, 2.45) is 0 Å². The number of hydrogen-bond donors (Lipinski definition) is 0. The summed E-state index contributed by atoms with van der Waals surface area (Å²) < 4.78 is 74.9. The van der Waals surface area contributed by atoms with Crippen molar-refractivity contribution in [2.75, 3.05) is 25.6 Å². The molecule has 122 valence electrons. The third-order valence-corrected chi connectivity index (χ3v) is 7.02. The molecule has 0 aliphatic carbocycles. The second-order valence-electron chi connectivity index (χ2n) is 3.85. The second kappa shape index (κ2) is 8.32. The summed E-state index contributed by atoms with van der Waals surface area (Å²) in [7, 11) is -8.20. The van der Waals surface area contributed by atoms with Crippen LogP contribution < -0.4 is 0 Å². The highest BCUT2D eigenvalue weighted by molar-refractivity contribution is 7.92. The molecular formula is C10H21F3O5SSi. The van der Waals surface area contributed by atoms with Gasteiger partial charge in [0.15, 0.2) is 0 Å². The van der Waals surface area contributed by atoms with Crippen molar-refractivity contribution in [3.8, 4) is 0 Å². The number of alkyl halides is 3. The molecule has 0 rings (SSSR count). The van der Waals surface area contributed by atoms with Gasteiger partial charge in [0.05, 0.1) is 5.75 Å². The van der Waals surface area contributed by atoms with E-state index < -0.39 is 29.9 Å². The molecule has 0 unspecified atom stereocenters. The molecule has 0 saturated carbocycles. The van der Waals surface area contributed by atoms with Crippen LogP contribution in [0.15, 0.2) is 0 Å². The quantitative estimate of drug-likeness (QED) is 0.572. The molecule has 0 amide bonds. The molecule has 0 aromatic carbocycles. The molecule has 0 atom stereocenters. The van der Waals surface area contributed by atoms with Crippen LogP contribution in [0.3, 0.4) is 0 Å². The van der Waals surface area contributed by atoms with Gasteiger partial charge in [-0.1, -0.05) is 0 Å². The molecule has 0 N–H and O–H groups in total. The van der Waals surface area contributed by atoms with Crippen molar-refractivity contribution in [3.63, 3.8) is 0 Å². The van der Waals surface area contributed by atoms with Crippen molar-refractivity contribution < 1.29 is 34.9 Å². The van der Waals surface area contributed by atoms with Crippen LogP contribution in [0.4, 0.5) is 13.2 Å². The van der Waals surface area contributed by atoms with Gasteiger partial charge in [-0.05, 0) is 27.2 Å². The van der Waals surface area contributed by atoms with Crippen molar-refractivity contribution >= 4 is 18.6 Å². The first kappa shape index (κ1) is 19.8. The average Bonchev–Trinajstić information content (AvgIpc) is 2.28. The predicted molar refractivity (Wildman–Crippen MR) is 69.9 cm³/mol. The lowest BCUT2D eigenvalue weighted by atomic mass is 10.6. The molecule has 0 aromatic rings. The Labute approximate surface area is 118 Å². The van der Waals surface area contributed by atoms with E-state index in [1.807, 2.05) is 0 Å². The second-order valence-corrected chi connectivity index (χ2v) is 8.68. The van der Waals surface area contributed by atoms with Crippen LogP contribution in [0.1, 0.15) is 27.2 Å². The molecule has 0 heterocycles. The van der Waals surface area contributed by atoms with E-state index in [0.29, 0.717) is 0 Å². The van der Waals surface area contributed by atoms with E-state index in [-0.39, 0.29) is 32.3 Å². The SMILES string of the molecule is CCO[Si](CCCS(=O)(=O)C(F)(F)F)(OCC)OCC. The zero-order chi connectivity index (χ0) is 15.9.